The van der Waals surface area contributed by atoms with E-state index in [0.29, 0.717) is 0 Å². The zero-order chi connectivity index (χ0) is 19.0. The standard InChI is InChI=1S/C9H27Si4.C8H12ClGe/c1-11(2,3)10(12(4,5)6)13(7,8)9;1-5-6(2)8(4)10(9)7(5)3/h1-9H3;1-4H3. The minimum atomic E-state index is -1.38. The van der Waals surface area contributed by atoms with Crippen molar-refractivity contribution in [2.45, 2.75) is 86.6 Å². The van der Waals surface area contributed by atoms with Crippen molar-refractivity contribution in [3.05, 3.63) is 20.0 Å². The molecule has 134 valence electrons. The maximum Gasteiger partial charge on any atom is 0.0306 e. The van der Waals surface area contributed by atoms with E-state index in [2.05, 4.69) is 86.6 Å². The van der Waals surface area contributed by atoms with Gasteiger partial charge >= 0.3 is 71.1 Å². The molecule has 0 aliphatic carbocycles. The zero-order valence-electron chi connectivity index (χ0n) is 17.9. The van der Waals surface area contributed by atoms with Crippen molar-refractivity contribution in [1.29, 1.82) is 0 Å². The summed E-state index contributed by atoms with van der Waals surface area (Å²) in [5.74, 6) is 0. The summed E-state index contributed by atoms with van der Waals surface area (Å²) < 4.78 is 2.97. The molecule has 0 spiro atoms. The summed E-state index contributed by atoms with van der Waals surface area (Å²) in [6, 6.07) is 0. The molecule has 0 bridgehead atoms. The average molecular weight is 464 g/mol. The third-order valence-corrected chi connectivity index (χ3v) is 70.4. The van der Waals surface area contributed by atoms with Crippen molar-refractivity contribution in [2.24, 2.45) is 0 Å². The summed E-state index contributed by atoms with van der Waals surface area (Å²) in [6.45, 7) is 32.2. The van der Waals surface area contributed by atoms with Gasteiger partial charge in [0.25, 0.3) is 0 Å². The van der Waals surface area contributed by atoms with Crippen LogP contribution in [0.1, 0.15) is 27.7 Å². The first kappa shape index (κ1) is 24.2. The van der Waals surface area contributed by atoms with Gasteiger partial charge in [-0.1, -0.05) is 58.9 Å². The first-order valence-corrected chi connectivity index (χ1v) is 28.5. The van der Waals surface area contributed by atoms with Crippen LogP contribution in [0.25, 0.3) is 0 Å². The van der Waals surface area contributed by atoms with Gasteiger partial charge in [0.15, 0.2) is 0 Å². The Labute approximate surface area is 159 Å². The SMILES string of the molecule is CC1=[C](C)[Ge]([Cl])[C](C)=C1C.C[Si](C)(C)[Si]([Si](C)(C)C)[Si](C)(C)C. The fraction of sp³-hybridized carbons (Fsp3) is 0.765. The normalized spacial score (nSPS) is 17.9. The summed E-state index contributed by atoms with van der Waals surface area (Å²) in [6.07, 6.45) is 0. The Balaban J connectivity index is 0.000000433. The second-order valence-electron chi connectivity index (χ2n) is 9.94. The van der Waals surface area contributed by atoms with Gasteiger partial charge in [0.2, 0.25) is 0 Å². The van der Waals surface area contributed by atoms with Crippen LogP contribution >= 0.6 is 10.0 Å². The predicted octanol–water partition coefficient (Wildman–Crippen LogP) is 6.71. The maximum absolute atomic E-state index is 6.25. The van der Waals surface area contributed by atoms with E-state index in [1.54, 1.807) is 0 Å². The van der Waals surface area contributed by atoms with Crippen LogP contribution in [0.5, 0.6) is 0 Å². The van der Waals surface area contributed by atoms with E-state index in [9.17, 15) is 0 Å². The summed E-state index contributed by atoms with van der Waals surface area (Å²) in [5, 5.41) is 0. The molecule has 0 unspecified atom stereocenters. The van der Waals surface area contributed by atoms with Crippen LogP contribution in [0, 0.1) is 0 Å². The van der Waals surface area contributed by atoms with E-state index in [-0.39, 0.29) is 7.35 Å². The Kier molecular flexibility index (Phi) is 8.67. The topological polar surface area (TPSA) is 0 Å². The van der Waals surface area contributed by atoms with E-state index in [1.165, 1.54) is 20.0 Å². The minimum Gasteiger partial charge on any atom is -0.0721 e. The molecule has 0 aromatic carbocycles. The first-order valence-electron chi connectivity index (χ1n) is 8.69. The third-order valence-electron chi connectivity index (χ3n) is 4.60. The van der Waals surface area contributed by atoms with Crippen molar-refractivity contribution >= 4 is 53.6 Å². The molecule has 0 aromatic heterocycles. The smallest absolute Gasteiger partial charge is 0.0306 e. The van der Waals surface area contributed by atoms with Crippen LogP contribution in [-0.4, -0.2) is 43.5 Å². The van der Waals surface area contributed by atoms with Crippen LogP contribution < -0.4 is 0 Å². The number of halogens is 1. The van der Waals surface area contributed by atoms with Crippen LogP contribution in [0.2, 0.25) is 58.9 Å². The third kappa shape index (κ3) is 6.77. The molecule has 0 nitrogen and oxygen atoms in total. The minimum absolute atomic E-state index is 0.0255. The number of hydrogen-bond donors (Lipinski definition) is 0. The molecule has 1 heterocycles. The Morgan fingerprint density at radius 3 is 0.870 bits per heavy atom. The Hall–Kier alpha value is 1.18. The summed E-state index contributed by atoms with van der Waals surface area (Å²) >= 11 is -1.38. The van der Waals surface area contributed by atoms with Crippen molar-refractivity contribution in [2.75, 3.05) is 0 Å². The number of rotatable bonds is 3. The largest absolute Gasteiger partial charge is 0.0721 e. The van der Waals surface area contributed by atoms with Crippen LogP contribution in [0.4, 0.5) is 0 Å². The molecule has 0 N–H and O–H groups in total. The molecule has 0 saturated heterocycles. The quantitative estimate of drug-likeness (QED) is 0.408. The maximum atomic E-state index is 6.25. The van der Waals surface area contributed by atoms with E-state index in [4.69, 9.17) is 10.0 Å². The molecule has 0 atom stereocenters. The van der Waals surface area contributed by atoms with Gasteiger partial charge in [-0.3, -0.25) is 0 Å². The molecule has 0 amide bonds. The molecular weight excluding hydrogens is 425 g/mol. The Morgan fingerprint density at radius 1 is 0.609 bits per heavy atom. The second kappa shape index (κ2) is 8.25. The molecule has 0 saturated carbocycles. The monoisotopic (exact) mass is 464 g/mol. The Morgan fingerprint density at radius 2 is 0.826 bits per heavy atom. The number of allylic oxidation sites excluding steroid dienone is 4. The molecule has 0 fully saturated rings. The molecule has 6 heteroatoms. The summed E-state index contributed by atoms with van der Waals surface area (Å²) in [5.41, 5.74) is 2.89. The van der Waals surface area contributed by atoms with Crippen molar-refractivity contribution in [3.8, 4) is 0 Å². The average Bonchev–Trinajstić information content (AvgIpc) is 2.42. The molecule has 1 aliphatic rings. The van der Waals surface area contributed by atoms with Gasteiger partial charge in [0.05, 0.1) is 0 Å². The second-order valence-corrected chi connectivity index (χ2v) is 53.1. The van der Waals surface area contributed by atoms with Crippen molar-refractivity contribution < 1.29 is 0 Å². The van der Waals surface area contributed by atoms with Gasteiger partial charge in [-0.05, 0) is 0 Å². The van der Waals surface area contributed by atoms with Gasteiger partial charge in [-0.15, -0.1) is 0 Å². The number of hydrogen-bond acceptors (Lipinski definition) is 0. The van der Waals surface area contributed by atoms with E-state index >= 15 is 0 Å². The Bertz CT molecular complexity index is 433. The van der Waals surface area contributed by atoms with Crippen LogP contribution in [-0.2, 0) is 0 Å². The van der Waals surface area contributed by atoms with E-state index < -0.39 is 36.2 Å². The van der Waals surface area contributed by atoms with Gasteiger partial charge in [-0.25, -0.2) is 0 Å². The van der Waals surface area contributed by atoms with Gasteiger partial charge in [0, 0.05) is 30.1 Å². The van der Waals surface area contributed by atoms with E-state index in [1.807, 2.05) is 0 Å². The molecule has 1 rings (SSSR count). The van der Waals surface area contributed by atoms with Crippen LogP contribution in [0.3, 0.4) is 0 Å². The van der Waals surface area contributed by atoms with Gasteiger partial charge in [0.1, 0.15) is 0 Å². The molecular formula is C17H39ClGeSi4. The zero-order valence-corrected chi connectivity index (χ0v) is 24.7. The summed E-state index contributed by atoms with van der Waals surface area (Å²) in [4.78, 5) is 0. The summed E-state index contributed by atoms with van der Waals surface area (Å²) in [7, 11) is 3.78. The molecule has 1 aliphatic heterocycles. The van der Waals surface area contributed by atoms with Gasteiger partial charge < -0.3 is 0 Å². The molecule has 0 aromatic rings. The van der Waals surface area contributed by atoms with Crippen molar-refractivity contribution in [1.82, 2.24) is 0 Å². The fourth-order valence-corrected chi connectivity index (χ4v) is 97.1. The first-order chi connectivity index (χ1) is 9.92. The van der Waals surface area contributed by atoms with E-state index in [0.717, 1.165) is 0 Å². The van der Waals surface area contributed by atoms with Gasteiger partial charge in [-0.2, -0.15) is 0 Å². The van der Waals surface area contributed by atoms with Crippen molar-refractivity contribution in [3.63, 3.8) is 0 Å². The molecule has 23 heavy (non-hydrogen) atoms. The molecule has 2 radical (unpaired) electrons. The predicted molar refractivity (Wildman–Crippen MR) is 124 cm³/mol. The van der Waals surface area contributed by atoms with Crippen LogP contribution in [0.15, 0.2) is 20.0 Å². The fourth-order valence-electron chi connectivity index (χ4n) is 4.55.